The summed E-state index contributed by atoms with van der Waals surface area (Å²) in [5.74, 6) is -1.52. The van der Waals surface area contributed by atoms with Gasteiger partial charge in [-0.05, 0) is 31.2 Å². The zero-order valence-electron chi connectivity index (χ0n) is 8.51. The second-order valence-electron chi connectivity index (χ2n) is 3.05. The number of benzene rings is 1. The maximum atomic E-state index is 11.4. The Labute approximate surface area is 98.0 Å². The monoisotopic (exact) mass is 238 g/mol. The molecular weight excluding hydrogens is 228 g/mol. The number of thiol groups is 1. The topological polar surface area (TPSA) is 63.6 Å². The molecule has 0 heterocycles. The van der Waals surface area contributed by atoms with Gasteiger partial charge >= 0.3 is 11.9 Å². The van der Waals surface area contributed by atoms with Gasteiger partial charge in [-0.25, -0.2) is 9.59 Å². The molecule has 1 aromatic rings. The lowest BCUT2D eigenvalue weighted by atomic mass is 10.3. The summed E-state index contributed by atoms with van der Waals surface area (Å²) >= 11 is 4.08. The lowest BCUT2D eigenvalue weighted by Crippen LogP contribution is -2.10. The number of esters is 1. The number of hydrogen-bond donors (Lipinski definition) is 2. The third-order valence-corrected chi connectivity index (χ3v) is 2.01. The predicted molar refractivity (Wildman–Crippen MR) is 60.7 cm³/mol. The first-order valence-electron chi connectivity index (χ1n) is 4.41. The van der Waals surface area contributed by atoms with Gasteiger partial charge in [0, 0.05) is 16.5 Å². The van der Waals surface area contributed by atoms with Crippen molar-refractivity contribution in [1.82, 2.24) is 0 Å². The van der Waals surface area contributed by atoms with Crippen molar-refractivity contribution in [2.24, 2.45) is 0 Å². The molecule has 1 rings (SSSR count). The van der Waals surface area contributed by atoms with E-state index in [0.717, 1.165) is 11.0 Å². The highest BCUT2D eigenvalue weighted by atomic mass is 32.1. The Morgan fingerprint density at radius 1 is 1.31 bits per heavy atom. The average molecular weight is 238 g/mol. The molecule has 5 heteroatoms. The number of rotatable bonds is 3. The van der Waals surface area contributed by atoms with Gasteiger partial charge in [0.1, 0.15) is 5.75 Å². The van der Waals surface area contributed by atoms with Crippen molar-refractivity contribution >= 4 is 24.6 Å². The molecule has 0 amide bonds. The molecule has 1 N–H and O–H groups in total. The highest BCUT2D eigenvalue weighted by Gasteiger charge is 2.08. The van der Waals surface area contributed by atoms with Gasteiger partial charge in [0.2, 0.25) is 0 Å². The molecule has 0 saturated carbocycles. The summed E-state index contributed by atoms with van der Waals surface area (Å²) in [4.78, 5) is 22.4. The van der Waals surface area contributed by atoms with Crippen LogP contribution >= 0.6 is 12.6 Å². The van der Waals surface area contributed by atoms with E-state index in [-0.39, 0.29) is 5.57 Å². The van der Waals surface area contributed by atoms with Crippen LogP contribution in [0.15, 0.2) is 40.8 Å². The quantitative estimate of drug-likeness (QED) is 0.365. The van der Waals surface area contributed by atoms with Crippen molar-refractivity contribution in [3.05, 3.63) is 35.9 Å². The minimum atomic E-state index is -1.18. The Hall–Kier alpha value is -1.75. The summed E-state index contributed by atoms with van der Waals surface area (Å²) in [6, 6.07) is 6.49. The van der Waals surface area contributed by atoms with E-state index in [1.165, 1.54) is 6.92 Å². The van der Waals surface area contributed by atoms with Gasteiger partial charge < -0.3 is 9.84 Å². The third kappa shape index (κ3) is 3.78. The normalized spacial score (nSPS) is 11.0. The maximum Gasteiger partial charge on any atom is 0.339 e. The molecule has 0 spiro atoms. The first kappa shape index (κ1) is 12.3. The molecule has 0 aliphatic heterocycles. The molecule has 84 valence electrons. The Balaban J connectivity index is 2.71. The van der Waals surface area contributed by atoms with Crippen molar-refractivity contribution < 1.29 is 19.4 Å². The number of hydrogen-bond acceptors (Lipinski definition) is 4. The van der Waals surface area contributed by atoms with Crippen molar-refractivity contribution in [1.29, 1.82) is 0 Å². The van der Waals surface area contributed by atoms with E-state index < -0.39 is 11.9 Å². The highest BCUT2D eigenvalue weighted by molar-refractivity contribution is 7.80. The highest BCUT2D eigenvalue weighted by Crippen LogP contribution is 2.15. The molecule has 0 saturated heterocycles. The van der Waals surface area contributed by atoms with Gasteiger partial charge in [-0.15, -0.1) is 12.6 Å². The Bertz CT molecular complexity index is 434. The van der Waals surface area contributed by atoms with Crippen LogP contribution in [0.3, 0.4) is 0 Å². The Morgan fingerprint density at radius 3 is 2.38 bits per heavy atom. The number of ether oxygens (including phenoxy) is 1. The summed E-state index contributed by atoms with van der Waals surface area (Å²) in [5, 5.41) is 8.44. The molecule has 0 fully saturated rings. The fraction of sp³-hybridized carbons (Fsp3) is 0.0909. The molecule has 16 heavy (non-hydrogen) atoms. The van der Waals surface area contributed by atoms with Crippen LogP contribution in [0.25, 0.3) is 0 Å². The van der Waals surface area contributed by atoms with E-state index >= 15 is 0 Å². The SMILES string of the molecule is C/C(=C/C(=O)O)C(=O)Oc1ccc(S)cc1. The third-order valence-electron chi connectivity index (χ3n) is 1.71. The molecule has 0 aliphatic rings. The minimum Gasteiger partial charge on any atom is -0.478 e. The fourth-order valence-electron chi connectivity index (χ4n) is 0.946. The standard InChI is InChI=1S/C11H10O4S/c1-7(6-10(12)13)11(14)15-8-2-4-9(16)5-3-8/h2-6,16H,1H3,(H,12,13)/b7-6-. The van der Waals surface area contributed by atoms with Gasteiger partial charge in [-0.1, -0.05) is 0 Å². The zero-order valence-corrected chi connectivity index (χ0v) is 9.40. The van der Waals surface area contributed by atoms with Crippen LogP contribution in [-0.2, 0) is 9.59 Å². The average Bonchev–Trinajstić information content (AvgIpc) is 2.20. The number of aliphatic carboxylic acids is 1. The predicted octanol–water partition coefficient (Wildman–Crippen LogP) is 1.91. The number of carbonyl (C=O) groups excluding carboxylic acids is 1. The van der Waals surface area contributed by atoms with E-state index in [1.807, 2.05) is 0 Å². The van der Waals surface area contributed by atoms with E-state index in [0.29, 0.717) is 5.75 Å². The van der Waals surface area contributed by atoms with Crippen LogP contribution < -0.4 is 4.74 Å². The first-order valence-corrected chi connectivity index (χ1v) is 4.86. The molecule has 0 aromatic heterocycles. The van der Waals surface area contributed by atoms with Crippen LogP contribution in [0.4, 0.5) is 0 Å². The molecule has 0 radical (unpaired) electrons. The minimum absolute atomic E-state index is 0.0300. The van der Waals surface area contributed by atoms with Crippen LogP contribution in [0.5, 0.6) is 5.75 Å². The van der Waals surface area contributed by atoms with Gasteiger partial charge in [0.15, 0.2) is 0 Å². The fourth-order valence-corrected chi connectivity index (χ4v) is 1.09. The smallest absolute Gasteiger partial charge is 0.339 e. The van der Waals surface area contributed by atoms with Crippen molar-refractivity contribution in [2.75, 3.05) is 0 Å². The lowest BCUT2D eigenvalue weighted by molar-refractivity contribution is -0.133. The molecule has 0 aliphatic carbocycles. The zero-order chi connectivity index (χ0) is 12.1. The van der Waals surface area contributed by atoms with Crippen molar-refractivity contribution in [3.8, 4) is 5.75 Å². The van der Waals surface area contributed by atoms with Crippen molar-refractivity contribution in [2.45, 2.75) is 11.8 Å². The summed E-state index contributed by atoms with van der Waals surface area (Å²) < 4.78 is 4.93. The van der Waals surface area contributed by atoms with Gasteiger partial charge in [-0.2, -0.15) is 0 Å². The Morgan fingerprint density at radius 2 is 1.88 bits per heavy atom. The molecule has 0 unspecified atom stereocenters. The number of carboxylic acids is 1. The van der Waals surface area contributed by atoms with Crippen LogP contribution in [0.2, 0.25) is 0 Å². The Kier molecular flexibility index (Phi) is 4.13. The summed E-state index contributed by atoms with van der Waals surface area (Å²) in [6.07, 6.45) is 0.801. The maximum absolute atomic E-state index is 11.4. The molecular formula is C11H10O4S. The van der Waals surface area contributed by atoms with Gasteiger partial charge in [0.05, 0.1) is 0 Å². The molecule has 1 aromatic carbocycles. The van der Waals surface area contributed by atoms with Crippen LogP contribution in [-0.4, -0.2) is 17.0 Å². The van der Waals surface area contributed by atoms with Gasteiger partial charge in [-0.3, -0.25) is 0 Å². The second kappa shape index (κ2) is 5.37. The van der Waals surface area contributed by atoms with E-state index in [4.69, 9.17) is 9.84 Å². The summed E-state index contributed by atoms with van der Waals surface area (Å²) in [5.41, 5.74) is 0.0300. The molecule has 0 bridgehead atoms. The molecule has 0 atom stereocenters. The van der Waals surface area contributed by atoms with E-state index in [1.54, 1.807) is 24.3 Å². The van der Waals surface area contributed by atoms with Gasteiger partial charge in [0.25, 0.3) is 0 Å². The first-order chi connectivity index (χ1) is 7.49. The van der Waals surface area contributed by atoms with Crippen LogP contribution in [0.1, 0.15) is 6.92 Å². The largest absolute Gasteiger partial charge is 0.478 e. The van der Waals surface area contributed by atoms with Crippen molar-refractivity contribution in [3.63, 3.8) is 0 Å². The number of carboxylic acid groups (broad SMARTS) is 1. The van der Waals surface area contributed by atoms with E-state index in [2.05, 4.69) is 12.6 Å². The molecule has 4 nitrogen and oxygen atoms in total. The summed E-state index contributed by atoms with van der Waals surface area (Å²) in [7, 11) is 0. The summed E-state index contributed by atoms with van der Waals surface area (Å²) in [6.45, 7) is 1.38. The number of carbonyl (C=O) groups is 2. The lowest BCUT2D eigenvalue weighted by Gasteiger charge is -2.03. The van der Waals surface area contributed by atoms with Crippen LogP contribution in [0, 0.1) is 0 Å². The van der Waals surface area contributed by atoms with E-state index in [9.17, 15) is 9.59 Å². The second-order valence-corrected chi connectivity index (χ2v) is 3.57.